The lowest BCUT2D eigenvalue weighted by Gasteiger charge is -2.33. The van der Waals surface area contributed by atoms with E-state index in [9.17, 15) is 4.79 Å². The summed E-state index contributed by atoms with van der Waals surface area (Å²) < 4.78 is 2.31. The third-order valence-corrected chi connectivity index (χ3v) is 5.84. The number of hydrogen-bond acceptors (Lipinski definition) is 3. The Kier molecular flexibility index (Phi) is 5.99. The third-order valence-electron chi connectivity index (χ3n) is 5.84. The molecule has 142 valence electrons. The Morgan fingerprint density at radius 1 is 1.04 bits per heavy atom. The second-order valence-corrected chi connectivity index (χ2v) is 7.22. The number of carbonyl (C=O) groups is 1. The van der Waals surface area contributed by atoms with Crippen molar-refractivity contribution in [3.8, 4) is 0 Å². The quantitative estimate of drug-likeness (QED) is 0.865. The third kappa shape index (κ3) is 3.79. The molecule has 26 heavy (non-hydrogen) atoms. The molecule has 5 nitrogen and oxygen atoms in total. The van der Waals surface area contributed by atoms with E-state index in [-0.39, 0.29) is 5.91 Å². The lowest BCUT2D eigenvalue weighted by molar-refractivity contribution is 0.0938. The molecule has 1 aromatic heterocycles. The summed E-state index contributed by atoms with van der Waals surface area (Å²) in [6.07, 6.45) is 0. The second-order valence-electron chi connectivity index (χ2n) is 7.22. The fraction of sp³-hybridized carbons (Fsp3) is 0.571. The van der Waals surface area contributed by atoms with Crippen LogP contribution in [0.25, 0.3) is 10.9 Å². The molecule has 1 saturated heterocycles. The maximum Gasteiger partial charge on any atom is 0.251 e. The number of fused-ring (bicyclic) bond motifs is 1. The molecule has 5 heteroatoms. The van der Waals surface area contributed by atoms with Gasteiger partial charge in [0.15, 0.2) is 0 Å². The molecule has 0 bridgehead atoms. The number of amides is 1. The monoisotopic (exact) mass is 356 g/mol. The number of aromatic nitrogens is 1. The van der Waals surface area contributed by atoms with E-state index in [4.69, 9.17) is 0 Å². The summed E-state index contributed by atoms with van der Waals surface area (Å²) in [5, 5.41) is 4.28. The van der Waals surface area contributed by atoms with Gasteiger partial charge in [-0.25, -0.2) is 0 Å². The van der Waals surface area contributed by atoms with E-state index in [0.29, 0.717) is 6.54 Å². The Morgan fingerprint density at radius 3 is 2.38 bits per heavy atom. The van der Waals surface area contributed by atoms with Gasteiger partial charge in [-0.05, 0) is 51.1 Å². The number of aryl methyl sites for hydroxylation is 2. The van der Waals surface area contributed by atoms with Crippen molar-refractivity contribution in [2.45, 2.75) is 34.2 Å². The molecule has 1 aliphatic rings. The second kappa shape index (κ2) is 8.23. The van der Waals surface area contributed by atoms with Gasteiger partial charge in [-0.1, -0.05) is 6.92 Å². The Labute approximate surface area is 157 Å². The van der Waals surface area contributed by atoms with Gasteiger partial charge in [0.05, 0.1) is 0 Å². The van der Waals surface area contributed by atoms with Crippen molar-refractivity contribution in [3.63, 3.8) is 0 Å². The summed E-state index contributed by atoms with van der Waals surface area (Å²) in [7, 11) is 0. The molecule has 2 heterocycles. The first-order valence-electron chi connectivity index (χ1n) is 9.87. The number of rotatable bonds is 6. The Bertz CT molecular complexity index is 772. The SMILES string of the molecule is CCN1CCN(CCNC(=O)c2ccc3c(c2)c(C)c(C)n3CC)CC1. The molecule has 0 atom stereocenters. The fourth-order valence-electron chi connectivity index (χ4n) is 3.96. The Balaban J connectivity index is 1.59. The molecule has 2 aromatic rings. The molecule has 0 radical (unpaired) electrons. The molecule has 1 aliphatic heterocycles. The molecule has 0 spiro atoms. The zero-order valence-corrected chi connectivity index (χ0v) is 16.6. The van der Waals surface area contributed by atoms with Gasteiger partial charge in [0, 0.05) is 68.0 Å². The number of carbonyl (C=O) groups excluding carboxylic acids is 1. The molecular weight excluding hydrogens is 324 g/mol. The van der Waals surface area contributed by atoms with Crippen LogP contribution in [-0.4, -0.2) is 66.1 Å². The molecule has 3 rings (SSSR count). The van der Waals surface area contributed by atoms with Gasteiger partial charge in [-0.15, -0.1) is 0 Å². The van der Waals surface area contributed by atoms with Crippen molar-refractivity contribution in [2.75, 3.05) is 45.8 Å². The average Bonchev–Trinajstić information content (AvgIpc) is 2.92. The van der Waals surface area contributed by atoms with Crippen molar-refractivity contribution in [1.82, 2.24) is 19.7 Å². The lowest BCUT2D eigenvalue weighted by Crippen LogP contribution is -2.48. The first kappa shape index (κ1) is 18.9. The maximum atomic E-state index is 12.6. The van der Waals surface area contributed by atoms with Crippen LogP contribution in [0.15, 0.2) is 18.2 Å². The summed E-state index contributed by atoms with van der Waals surface area (Å²) in [6, 6.07) is 6.07. The van der Waals surface area contributed by atoms with Gasteiger partial charge < -0.3 is 14.8 Å². The van der Waals surface area contributed by atoms with E-state index in [1.807, 2.05) is 12.1 Å². The zero-order valence-electron chi connectivity index (χ0n) is 16.6. The standard InChI is InChI=1S/C21H32N4O/c1-5-23-11-13-24(14-12-23)10-9-22-21(26)18-7-8-20-19(15-18)16(3)17(4)25(20)6-2/h7-8,15H,5-6,9-14H2,1-4H3,(H,22,26). The summed E-state index contributed by atoms with van der Waals surface area (Å²) in [4.78, 5) is 17.5. The number of likely N-dealkylation sites (N-methyl/N-ethyl adjacent to an activating group) is 1. The highest BCUT2D eigenvalue weighted by Crippen LogP contribution is 2.26. The van der Waals surface area contributed by atoms with Crippen LogP contribution in [0, 0.1) is 13.8 Å². The summed E-state index contributed by atoms with van der Waals surface area (Å²) >= 11 is 0. The summed E-state index contributed by atoms with van der Waals surface area (Å²) in [6.45, 7) is 16.8. The largest absolute Gasteiger partial charge is 0.351 e. The maximum absolute atomic E-state index is 12.6. The van der Waals surface area contributed by atoms with Gasteiger partial charge in [0.25, 0.3) is 5.91 Å². The van der Waals surface area contributed by atoms with Crippen LogP contribution in [-0.2, 0) is 6.54 Å². The minimum absolute atomic E-state index is 0.0281. The topological polar surface area (TPSA) is 40.5 Å². The molecule has 1 amide bonds. The van der Waals surface area contributed by atoms with Gasteiger partial charge >= 0.3 is 0 Å². The van der Waals surface area contributed by atoms with Crippen LogP contribution >= 0.6 is 0 Å². The summed E-state index contributed by atoms with van der Waals surface area (Å²) in [5.41, 5.74) is 4.52. The van der Waals surface area contributed by atoms with Crippen LogP contribution in [0.3, 0.4) is 0 Å². The van der Waals surface area contributed by atoms with Crippen molar-refractivity contribution in [3.05, 3.63) is 35.0 Å². The number of hydrogen-bond donors (Lipinski definition) is 1. The van der Waals surface area contributed by atoms with Gasteiger partial charge in [-0.3, -0.25) is 9.69 Å². The normalized spacial score (nSPS) is 16.3. The highest BCUT2D eigenvalue weighted by atomic mass is 16.1. The first-order valence-corrected chi connectivity index (χ1v) is 9.87. The van der Waals surface area contributed by atoms with E-state index in [2.05, 4.69) is 53.4 Å². The average molecular weight is 357 g/mol. The van der Waals surface area contributed by atoms with E-state index in [1.54, 1.807) is 0 Å². The Hall–Kier alpha value is -1.85. The van der Waals surface area contributed by atoms with E-state index >= 15 is 0 Å². The van der Waals surface area contributed by atoms with Gasteiger partial charge in [0.2, 0.25) is 0 Å². The molecular formula is C21H32N4O. The van der Waals surface area contributed by atoms with Crippen LogP contribution in [0.2, 0.25) is 0 Å². The number of nitrogens with one attached hydrogen (secondary N) is 1. The number of piperazine rings is 1. The summed E-state index contributed by atoms with van der Waals surface area (Å²) in [5.74, 6) is 0.0281. The molecule has 0 unspecified atom stereocenters. The van der Waals surface area contributed by atoms with Crippen molar-refractivity contribution >= 4 is 16.8 Å². The van der Waals surface area contributed by atoms with Crippen molar-refractivity contribution in [2.24, 2.45) is 0 Å². The van der Waals surface area contributed by atoms with E-state index < -0.39 is 0 Å². The minimum atomic E-state index is 0.0281. The first-order chi connectivity index (χ1) is 12.5. The van der Waals surface area contributed by atoms with Crippen LogP contribution in [0.5, 0.6) is 0 Å². The van der Waals surface area contributed by atoms with Crippen molar-refractivity contribution in [1.29, 1.82) is 0 Å². The van der Waals surface area contributed by atoms with Crippen LogP contribution < -0.4 is 5.32 Å². The lowest BCUT2D eigenvalue weighted by atomic mass is 10.1. The number of nitrogens with zero attached hydrogens (tertiary/aromatic N) is 3. The number of benzene rings is 1. The van der Waals surface area contributed by atoms with E-state index in [1.165, 1.54) is 22.2 Å². The highest BCUT2D eigenvalue weighted by Gasteiger charge is 2.16. The molecule has 0 saturated carbocycles. The van der Waals surface area contributed by atoms with Crippen LogP contribution in [0.1, 0.15) is 35.5 Å². The van der Waals surface area contributed by atoms with Gasteiger partial charge in [-0.2, -0.15) is 0 Å². The van der Waals surface area contributed by atoms with E-state index in [0.717, 1.165) is 51.4 Å². The molecule has 1 N–H and O–H groups in total. The van der Waals surface area contributed by atoms with Crippen molar-refractivity contribution < 1.29 is 4.79 Å². The predicted octanol–water partition coefficient (Wildman–Crippen LogP) is 2.65. The highest BCUT2D eigenvalue weighted by molar-refractivity contribution is 5.99. The Morgan fingerprint density at radius 2 is 1.73 bits per heavy atom. The molecule has 1 aromatic carbocycles. The minimum Gasteiger partial charge on any atom is -0.351 e. The van der Waals surface area contributed by atoms with Crippen LogP contribution in [0.4, 0.5) is 0 Å². The van der Waals surface area contributed by atoms with Gasteiger partial charge in [0.1, 0.15) is 0 Å². The predicted molar refractivity (Wildman–Crippen MR) is 108 cm³/mol. The smallest absolute Gasteiger partial charge is 0.251 e. The molecule has 0 aliphatic carbocycles. The molecule has 1 fully saturated rings. The zero-order chi connectivity index (χ0) is 18.7. The fourth-order valence-corrected chi connectivity index (χ4v) is 3.96.